The van der Waals surface area contributed by atoms with Crippen molar-refractivity contribution in [3.05, 3.63) is 29.8 Å². The van der Waals surface area contributed by atoms with Gasteiger partial charge in [-0.3, -0.25) is 9.59 Å². The highest BCUT2D eigenvalue weighted by atomic mass is 16.5. The Balaban J connectivity index is 2.00. The minimum atomic E-state index is -1.05. The monoisotopic (exact) mass is 348 g/mol. The van der Waals surface area contributed by atoms with Crippen molar-refractivity contribution in [3.63, 3.8) is 0 Å². The third-order valence-corrected chi connectivity index (χ3v) is 4.06. The third kappa shape index (κ3) is 5.56. The molecule has 0 spiro atoms. The fraction of sp³-hybridized carbons (Fsp3) is 0.500. The van der Waals surface area contributed by atoms with Crippen LogP contribution in [0.25, 0.3) is 0 Å². The first-order valence-electron chi connectivity index (χ1n) is 8.57. The molecule has 0 bridgehead atoms. The van der Waals surface area contributed by atoms with Crippen LogP contribution in [0.1, 0.15) is 49.4 Å². The summed E-state index contributed by atoms with van der Waals surface area (Å²) in [5.41, 5.74) is 0.779. The predicted molar refractivity (Wildman–Crippen MR) is 92.5 cm³/mol. The van der Waals surface area contributed by atoms with Gasteiger partial charge in [0.1, 0.15) is 12.1 Å². The van der Waals surface area contributed by atoms with Crippen molar-refractivity contribution in [2.24, 2.45) is 0 Å². The molecule has 1 aromatic rings. The van der Waals surface area contributed by atoms with Gasteiger partial charge in [-0.05, 0) is 37.5 Å². The second-order valence-electron chi connectivity index (χ2n) is 6.08. The zero-order valence-corrected chi connectivity index (χ0v) is 14.3. The zero-order chi connectivity index (χ0) is 18.2. The minimum Gasteiger partial charge on any atom is -0.480 e. The number of carbonyl (C=O) groups is 3. The van der Waals surface area contributed by atoms with Crippen LogP contribution >= 0.6 is 0 Å². The number of aliphatic carboxylic acids is 1. The highest BCUT2D eigenvalue weighted by molar-refractivity contribution is 5.99. The first-order chi connectivity index (χ1) is 12.0. The average Bonchev–Trinajstić information content (AvgIpc) is 3.13. The Labute approximate surface area is 146 Å². The van der Waals surface area contributed by atoms with E-state index in [1.807, 2.05) is 6.92 Å². The predicted octanol–water partition coefficient (Wildman–Crippen LogP) is 2.18. The molecule has 1 saturated heterocycles. The molecule has 2 atom stereocenters. The van der Waals surface area contributed by atoms with Gasteiger partial charge in [-0.25, -0.2) is 4.79 Å². The number of rotatable bonds is 8. The molecule has 1 fully saturated rings. The van der Waals surface area contributed by atoms with Crippen LogP contribution in [0.5, 0.6) is 0 Å². The molecule has 1 heterocycles. The van der Waals surface area contributed by atoms with Crippen LogP contribution in [0, 0.1) is 0 Å². The lowest BCUT2D eigenvalue weighted by Gasteiger charge is -2.15. The van der Waals surface area contributed by atoms with Gasteiger partial charge in [-0.15, -0.1) is 0 Å². The first kappa shape index (κ1) is 18.9. The topological polar surface area (TPSA) is 105 Å². The van der Waals surface area contributed by atoms with Gasteiger partial charge in [0.25, 0.3) is 11.8 Å². The van der Waals surface area contributed by atoms with Crippen molar-refractivity contribution in [2.75, 3.05) is 11.9 Å². The Kier molecular flexibility index (Phi) is 6.94. The van der Waals surface area contributed by atoms with Crippen molar-refractivity contribution < 1.29 is 24.2 Å². The van der Waals surface area contributed by atoms with Gasteiger partial charge in [0.15, 0.2) is 0 Å². The molecule has 2 amide bonds. The largest absolute Gasteiger partial charge is 0.480 e. The van der Waals surface area contributed by atoms with Gasteiger partial charge < -0.3 is 20.5 Å². The van der Waals surface area contributed by atoms with E-state index in [1.165, 1.54) is 6.07 Å². The van der Waals surface area contributed by atoms with Gasteiger partial charge >= 0.3 is 5.97 Å². The second kappa shape index (κ2) is 9.17. The lowest BCUT2D eigenvalue weighted by molar-refractivity contribution is -0.139. The van der Waals surface area contributed by atoms with Crippen molar-refractivity contribution in [2.45, 2.75) is 51.2 Å². The molecule has 1 aliphatic heterocycles. The van der Waals surface area contributed by atoms with Gasteiger partial charge in [0.05, 0.1) is 0 Å². The quantitative estimate of drug-likeness (QED) is 0.668. The van der Waals surface area contributed by atoms with Crippen LogP contribution in [-0.4, -0.2) is 41.6 Å². The molecular formula is C18H24N2O5. The number of benzene rings is 1. The molecule has 3 N–H and O–H groups in total. The maximum absolute atomic E-state index is 12.3. The molecule has 25 heavy (non-hydrogen) atoms. The Hall–Kier alpha value is -2.41. The molecule has 1 aromatic carbocycles. The molecule has 2 rings (SSSR count). The van der Waals surface area contributed by atoms with Gasteiger partial charge in [-0.2, -0.15) is 0 Å². The number of amides is 2. The van der Waals surface area contributed by atoms with E-state index >= 15 is 0 Å². The van der Waals surface area contributed by atoms with E-state index in [0.717, 1.165) is 12.8 Å². The smallest absolute Gasteiger partial charge is 0.326 e. The van der Waals surface area contributed by atoms with Crippen LogP contribution in [0.3, 0.4) is 0 Å². The number of unbranched alkanes of at least 4 members (excludes halogenated alkanes) is 1. The summed E-state index contributed by atoms with van der Waals surface area (Å²) in [4.78, 5) is 35.6. The SMILES string of the molecule is CCCC[C@H](NC(=O)c1cccc(NC(=O)C2CCCO2)c1)C(=O)O. The van der Waals surface area contributed by atoms with E-state index in [2.05, 4.69) is 10.6 Å². The maximum atomic E-state index is 12.3. The Morgan fingerprint density at radius 3 is 2.80 bits per heavy atom. The van der Waals surface area contributed by atoms with E-state index in [9.17, 15) is 19.5 Å². The number of nitrogens with one attached hydrogen (secondary N) is 2. The van der Waals surface area contributed by atoms with Crippen molar-refractivity contribution in [1.29, 1.82) is 0 Å². The minimum absolute atomic E-state index is 0.235. The fourth-order valence-corrected chi connectivity index (χ4v) is 2.65. The van der Waals surface area contributed by atoms with E-state index < -0.39 is 24.0 Å². The van der Waals surface area contributed by atoms with Crippen molar-refractivity contribution in [3.8, 4) is 0 Å². The lowest BCUT2D eigenvalue weighted by Crippen LogP contribution is -2.40. The van der Waals surface area contributed by atoms with E-state index in [4.69, 9.17) is 4.74 Å². The van der Waals surface area contributed by atoms with E-state index in [0.29, 0.717) is 37.1 Å². The van der Waals surface area contributed by atoms with Crippen molar-refractivity contribution >= 4 is 23.5 Å². The Bertz CT molecular complexity index is 626. The summed E-state index contributed by atoms with van der Waals surface area (Å²) in [6, 6.07) is 5.51. The van der Waals surface area contributed by atoms with Gasteiger partial charge in [0, 0.05) is 17.9 Å². The standard InChI is InChI=1S/C18H24N2O5/c1-2-3-8-14(18(23)24)20-16(21)12-6-4-7-13(11-12)19-17(22)15-9-5-10-25-15/h4,6-7,11,14-15H,2-3,5,8-10H2,1H3,(H,19,22)(H,20,21)(H,23,24)/t14-,15?/m0/s1. The Morgan fingerprint density at radius 2 is 2.16 bits per heavy atom. The lowest BCUT2D eigenvalue weighted by atomic mass is 10.1. The maximum Gasteiger partial charge on any atom is 0.326 e. The summed E-state index contributed by atoms with van der Waals surface area (Å²) in [6.45, 7) is 2.54. The summed E-state index contributed by atoms with van der Waals surface area (Å²) in [5, 5.41) is 14.5. The molecule has 0 radical (unpaired) electrons. The van der Waals surface area contributed by atoms with Crippen LogP contribution in [0.4, 0.5) is 5.69 Å². The van der Waals surface area contributed by atoms with E-state index in [-0.39, 0.29) is 5.91 Å². The van der Waals surface area contributed by atoms with Crippen LogP contribution in [-0.2, 0) is 14.3 Å². The molecule has 0 aromatic heterocycles. The van der Waals surface area contributed by atoms with Crippen LogP contribution in [0.15, 0.2) is 24.3 Å². The molecule has 1 aliphatic rings. The molecule has 7 heteroatoms. The summed E-state index contributed by atoms with van der Waals surface area (Å²) >= 11 is 0. The molecular weight excluding hydrogens is 324 g/mol. The Morgan fingerprint density at radius 1 is 1.36 bits per heavy atom. The van der Waals surface area contributed by atoms with Gasteiger partial charge in [0.2, 0.25) is 0 Å². The van der Waals surface area contributed by atoms with Crippen LogP contribution < -0.4 is 10.6 Å². The molecule has 7 nitrogen and oxygen atoms in total. The first-order valence-corrected chi connectivity index (χ1v) is 8.57. The number of carbonyl (C=O) groups excluding carboxylic acids is 2. The van der Waals surface area contributed by atoms with E-state index in [1.54, 1.807) is 18.2 Å². The number of hydrogen-bond donors (Lipinski definition) is 3. The molecule has 1 unspecified atom stereocenters. The summed E-state index contributed by atoms with van der Waals surface area (Å²) < 4.78 is 5.32. The summed E-state index contributed by atoms with van der Waals surface area (Å²) in [5.74, 6) is -1.76. The van der Waals surface area contributed by atoms with Crippen LogP contribution in [0.2, 0.25) is 0 Å². The summed E-state index contributed by atoms with van der Waals surface area (Å²) in [6.07, 6.45) is 3.04. The zero-order valence-electron chi connectivity index (χ0n) is 14.3. The number of carboxylic acids is 1. The normalized spacial score (nSPS) is 17.7. The summed E-state index contributed by atoms with van der Waals surface area (Å²) in [7, 11) is 0. The number of carboxylic acid groups (broad SMARTS) is 1. The number of ether oxygens (including phenoxy) is 1. The number of hydrogen-bond acceptors (Lipinski definition) is 4. The van der Waals surface area contributed by atoms with Gasteiger partial charge in [-0.1, -0.05) is 25.8 Å². The average molecular weight is 348 g/mol. The van der Waals surface area contributed by atoms with Crippen molar-refractivity contribution in [1.82, 2.24) is 5.32 Å². The highest BCUT2D eigenvalue weighted by Gasteiger charge is 2.24. The second-order valence-corrected chi connectivity index (χ2v) is 6.08. The molecule has 0 saturated carbocycles. The number of anilines is 1. The highest BCUT2D eigenvalue weighted by Crippen LogP contribution is 2.16. The molecule has 136 valence electrons. The third-order valence-electron chi connectivity index (χ3n) is 4.06. The fourth-order valence-electron chi connectivity index (χ4n) is 2.65. The molecule has 0 aliphatic carbocycles.